The van der Waals surface area contributed by atoms with Crippen LogP contribution < -0.4 is 4.72 Å². The Labute approximate surface area is 149 Å². The Balaban J connectivity index is 2.10. The second-order valence-electron chi connectivity index (χ2n) is 5.45. The molecule has 0 heterocycles. The lowest BCUT2D eigenvalue weighted by Crippen LogP contribution is -2.13. The van der Waals surface area contributed by atoms with Crippen LogP contribution in [-0.2, 0) is 10.0 Å². The first-order chi connectivity index (χ1) is 11.8. The third kappa shape index (κ3) is 3.29. The maximum Gasteiger partial charge on any atom is 0.277 e. The van der Waals surface area contributed by atoms with Crippen LogP contribution in [0, 0.1) is 17.0 Å². The molecule has 0 spiro atoms. The standard InChI is InChI=1S/C17H13ClN2O4S/c1-11-10-12(8-9-15(11)18)25(23,24)19-16-6-2-5-14-13(16)4-3-7-17(14)20(21)22/h2-10,19H,1H3. The van der Waals surface area contributed by atoms with Gasteiger partial charge >= 0.3 is 0 Å². The fourth-order valence-corrected chi connectivity index (χ4v) is 3.81. The predicted octanol–water partition coefficient (Wildman–Crippen LogP) is 4.51. The van der Waals surface area contributed by atoms with Gasteiger partial charge in [0.2, 0.25) is 0 Å². The molecule has 1 N–H and O–H groups in total. The van der Waals surface area contributed by atoms with E-state index >= 15 is 0 Å². The van der Waals surface area contributed by atoms with Gasteiger partial charge in [0.05, 0.1) is 20.9 Å². The maximum atomic E-state index is 12.6. The normalized spacial score (nSPS) is 11.4. The number of benzene rings is 3. The van der Waals surface area contributed by atoms with Gasteiger partial charge in [0, 0.05) is 16.5 Å². The number of hydrogen-bond acceptors (Lipinski definition) is 4. The van der Waals surface area contributed by atoms with E-state index in [1.807, 2.05) is 0 Å². The highest BCUT2D eigenvalue weighted by atomic mass is 35.5. The van der Waals surface area contributed by atoms with Gasteiger partial charge in [-0.1, -0.05) is 29.8 Å². The molecule has 8 heteroatoms. The number of nitro benzene ring substituents is 1. The molecule has 0 bridgehead atoms. The molecule has 0 saturated carbocycles. The van der Waals surface area contributed by atoms with Crippen molar-refractivity contribution in [2.45, 2.75) is 11.8 Å². The first kappa shape index (κ1) is 17.2. The number of nitro groups is 1. The minimum Gasteiger partial charge on any atom is -0.279 e. The molecule has 128 valence electrons. The summed E-state index contributed by atoms with van der Waals surface area (Å²) in [5.41, 5.74) is 0.827. The summed E-state index contributed by atoms with van der Waals surface area (Å²) in [5, 5.41) is 12.4. The van der Waals surface area contributed by atoms with Gasteiger partial charge in [-0.15, -0.1) is 0 Å². The lowest BCUT2D eigenvalue weighted by atomic mass is 10.1. The Hall–Kier alpha value is -2.64. The van der Waals surface area contributed by atoms with Gasteiger partial charge < -0.3 is 0 Å². The van der Waals surface area contributed by atoms with E-state index in [0.717, 1.165) is 0 Å². The molecule has 25 heavy (non-hydrogen) atoms. The van der Waals surface area contributed by atoms with E-state index in [1.165, 1.54) is 30.3 Å². The van der Waals surface area contributed by atoms with Crippen LogP contribution in [0.15, 0.2) is 59.5 Å². The zero-order valence-electron chi connectivity index (χ0n) is 13.1. The Bertz CT molecular complexity index is 1100. The number of hydrogen-bond donors (Lipinski definition) is 1. The maximum absolute atomic E-state index is 12.6. The summed E-state index contributed by atoms with van der Waals surface area (Å²) in [6, 6.07) is 13.6. The topological polar surface area (TPSA) is 89.3 Å². The highest BCUT2D eigenvalue weighted by Gasteiger charge is 2.18. The summed E-state index contributed by atoms with van der Waals surface area (Å²) in [7, 11) is -3.86. The zero-order chi connectivity index (χ0) is 18.2. The van der Waals surface area contributed by atoms with Crippen LogP contribution in [0.3, 0.4) is 0 Å². The molecule has 0 aliphatic heterocycles. The van der Waals surface area contributed by atoms with E-state index in [2.05, 4.69) is 4.72 Å². The third-order valence-electron chi connectivity index (χ3n) is 3.78. The van der Waals surface area contributed by atoms with Gasteiger partial charge in [-0.05, 0) is 42.8 Å². The average Bonchev–Trinajstić information content (AvgIpc) is 2.56. The van der Waals surface area contributed by atoms with Gasteiger partial charge in [0.1, 0.15) is 0 Å². The highest BCUT2D eigenvalue weighted by Crippen LogP contribution is 2.32. The smallest absolute Gasteiger partial charge is 0.277 e. The average molecular weight is 377 g/mol. The molecular formula is C17H13ClN2O4S. The number of fused-ring (bicyclic) bond motifs is 1. The summed E-state index contributed by atoms with van der Waals surface area (Å²) < 4.78 is 27.8. The molecular weight excluding hydrogens is 364 g/mol. The van der Waals surface area contributed by atoms with Crippen LogP contribution in [-0.4, -0.2) is 13.3 Å². The van der Waals surface area contributed by atoms with Gasteiger partial charge in [-0.2, -0.15) is 0 Å². The van der Waals surface area contributed by atoms with Crippen LogP contribution in [0.4, 0.5) is 11.4 Å². The summed E-state index contributed by atoms with van der Waals surface area (Å²) in [6.45, 7) is 1.71. The number of sulfonamides is 1. The first-order valence-electron chi connectivity index (χ1n) is 7.25. The zero-order valence-corrected chi connectivity index (χ0v) is 14.6. The molecule has 0 atom stereocenters. The number of anilines is 1. The summed E-state index contributed by atoms with van der Waals surface area (Å²) in [6.07, 6.45) is 0. The van der Waals surface area contributed by atoms with Crippen molar-refractivity contribution in [1.29, 1.82) is 0 Å². The van der Waals surface area contributed by atoms with Gasteiger partial charge in [-0.25, -0.2) is 8.42 Å². The second kappa shape index (κ2) is 6.34. The molecule has 0 fully saturated rings. The third-order valence-corrected chi connectivity index (χ3v) is 5.57. The van der Waals surface area contributed by atoms with Crippen LogP contribution in [0.5, 0.6) is 0 Å². The van der Waals surface area contributed by atoms with E-state index < -0.39 is 14.9 Å². The summed E-state index contributed by atoms with van der Waals surface area (Å²) >= 11 is 5.94. The minimum absolute atomic E-state index is 0.0665. The summed E-state index contributed by atoms with van der Waals surface area (Å²) in [5.74, 6) is 0. The molecule has 0 aliphatic carbocycles. The van der Waals surface area contributed by atoms with Gasteiger partial charge in [-0.3, -0.25) is 14.8 Å². The SMILES string of the molecule is Cc1cc(S(=O)(=O)Nc2cccc3c([N+](=O)[O-])cccc23)ccc1Cl. The molecule has 0 unspecified atom stereocenters. The van der Waals surface area contributed by atoms with Gasteiger partial charge in [0.15, 0.2) is 0 Å². The Morgan fingerprint density at radius 1 is 1.04 bits per heavy atom. The predicted molar refractivity (Wildman–Crippen MR) is 97.6 cm³/mol. The number of nitrogens with zero attached hydrogens (tertiary/aromatic N) is 1. The monoisotopic (exact) mass is 376 g/mol. The molecule has 0 amide bonds. The highest BCUT2D eigenvalue weighted by molar-refractivity contribution is 7.92. The molecule has 3 aromatic rings. The molecule has 6 nitrogen and oxygen atoms in total. The van der Waals surface area contributed by atoms with E-state index in [9.17, 15) is 18.5 Å². The Kier molecular flexibility index (Phi) is 4.36. The van der Waals surface area contributed by atoms with Crippen LogP contribution >= 0.6 is 11.6 Å². The van der Waals surface area contributed by atoms with Crippen molar-refractivity contribution in [2.24, 2.45) is 0 Å². The molecule has 0 aromatic heterocycles. The van der Waals surface area contributed by atoms with Crippen molar-refractivity contribution in [2.75, 3.05) is 4.72 Å². The summed E-state index contributed by atoms with van der Waals surface area (Å²) in [4.78, 5) is 10.7. The largest absolute Gasteiger partial charge is 0.279 e. The first-order valence-corrected chi connectivity index (χ1v) is 9.11. The number of non-ortho nitro benzene ring substituents is 1. The molecule has 0 saturated heterocycles. The Morgan fingerprint density at radius 3 is 2.40 bits per heavy atom. The lowest BCUT2D eigenvalue weighted by Gasteiger charge is -2.11. The number of nitrogens with one attached hydrogen (secondary N) is 1. The van der Waals surface area contributed by atoms with Crippen molar-refractivity contribution >= 4 is 43.8 Å². The fraction of sp³-hybridized carbons (Fsp3) is 0.0588. The van der Waals surface area contributed by atoms with E-state index in [1.54, 1.807) is 31.2 Å². The van der Waals surface area contributed by atoms with E-state index in [-0.39, 0.29) is 16.3 Å². The number of aryl methyl sites for hydroxylation is 1. The van der Waals surface area contributed by atoms with Crippen molar-refractivity contribution in [1.82, 2.24) is 0 Å². The molecule has 3 aromatic carbocycles. The second-order valence-corrected chi connectivity index (χ2v) is 7.54. The van der Waals surface area contributed by atoms with Crippen molar-refractivity contribution in [3.8, 4) is 0 Å². The van der Waals surface area contributed by atoms with Gasteiger partial charge in [0.25, 0.3) is 15.7 Å². The Morgan fingerprint density at radius 2 is 1.72 bits per heavy atom. The quantitative estimate of drug-likeness (QED) is 0.535. The number of rotatable bonds is 4. The fourth-order valence-electron chi connectivity index (χ4n) is 2.53. The number of halogens is 1. The van der Waals surface area contributed by atoms with E-state index in [0.29, 0.717) is 21.4 Å². The van der Waals surface area contributed by atoms with Crippen molar-refractivity contribution < 1.29 is 13.3 Å². The molecule has 0 aliphatic rings. The minimum atomic E-state index is -3.86. The van der Waals surface area contributed by atoms with Crippen LogP contribution in [0.2, 0.25) is 5.02 Å². The molecule has 0 radical (unpaired) electrons. The van der Waals surface area contributed by atoms with Crippen molar-refractivity contribution in [3.63, 3.8) is 0 Å². The van der Waals surface area contributed by atoms with Crippen LogP contribution in [0.1, 0.15) is 5.56 Å². The van der Waals surface area contributed by atoms with Crippen LogP contribution in [0.25, 0.3) is 10.8 Å². The van der Waals surface area contributed by atoms with Crippen molar-refractivity contribution in [3.05, 3.63) is 75.3 Å². The molecule has 3 rings (SSSR count). The lowest BCUT2D eigenvalue weighted by molar-refractivity contribution is -0.383. The van der Waals surface area contributed by atoms with E-state index in [4.69, 9.17) is 11.6 Å².